The first-order chi connectivity index (χ1) is 30.8. The summed E-state index contributed by atoms with van der Waals surface area (Å²) in [6.45, 7) is 11.6. The van der Waals surface area contributed by atoms with E-state index < -0.39 is 0 Å². The van der Waals surface area contributed by atoms with E-state index in [1.807, 2.05) is 11.8 Å². The van der Waals surface area contributed by atoms with Gasteiger partial charge in [0.2, 0.25) is 0 Å². The average molecular weight is 836 g/mol. The highest BCUT2D eigenvalue weighted by Crippen LogP contribution is 2.55. The summed E-state index contributed by atoms with van der Waals surface area (Å²) < 4.78 is 2.54. The van der Waals surface area contributed by atoms with Gasteiger partial charge in [-0.15, -0.1) is 11.8 Å². The lowest BCUT2D eigenvalue weighted by atomic mass is 9.74. The van der Waals surface area contributed by atoms with Gasteiger partial charge in [-0.25, -0.2) is 0 Å². The van der Waals surface area contributed by atoms with Gasteiger partial charge in [0.25, 0.3) is 0 Å². The second-order valence-electron chi connectivity index (χ2n) is 18.8. The number of aromatic nitrogens is 1. The molecule has 1 aromatic heterocycles. The fraction of sp³-hybridized carbons (Fsp3) is 0.246. The molecule has 312 valence electrons. The van der Waals surface area contributed by atoms with Gasteiger partial charge < -0.3 is 4.57 Å². The number of nitrogens with zero attached hydrogens (tertiary/aromatic N) is 1. The molecule has 2 heteroatoms. The predicted octanol–water partition coefficient (Wildman–Crippen LogP) is 17.2. The smallest absolute Gasteiger partial charge is 0.0541 e. The van der Waals surface area contributed by atoms with Gasteiger partial charge in [0, 0.05) is 38.4 Å². The maximum atomic E-state index is 2.54. The first-order valence-corrected chi connectivity index (χ1v) is 24.4. The molecule has 1 aliphatic heterocycles. The van der Waals surface area contributed by atoms with Crippen molar-refractivity contribution < 1.29 is 0 Å². The van der Waals surface area contributed by atoms with Crippen molar-refractivity contribution in [2.24, 2.45) is 5.92 Å². The molecule has 2 atom stereocenters. The molecule has 5 aromatic carbocycles. The number of benzene rings is 5. The monoisotopic (exact) mass is 835 g/mol. The van der Waals surface area contributed by atoms with E-state index in [-0.39, 0.29) is 5.41 Å². The lowest BCUT2D eigenvalue weighted by Crippen LogP contribution is -2.15. The van der Waals surface area contributed by atoms with E-state index in [0.717, 1.165) is 37.9 Å². The molecule has 1 nitrogen and oxygen atoms in total. The quantitative estimate of drug-likeness (QED) is 0.120. The van der Waals surface area contributed by atoms with Gasteiger partial charge in [-0.2, -0.15) is 0 Å². The van der Waals surface area contributed by atoms with Crippen LogP contribution in [-0.4, -0.2) is 10.3 Å². The molecule has 0 saturated carbocycles. The molecule has 2 heterocycles. The largest absolute Gasteiger partial charge is 0.309 e. The van der Waals surface area contributed by atoms with Crippen molar-refractivity contribution in [3.8, 4) is 27.9 Å². The van der Waals surface area contributed by atoms with Gasteiger partial charge in [-0.3, -0.25) is 0 Å². The highest BCUT2D eigenvalue weighted by molar-refractivity contribution is 7.99. The minimum atomic E-state index is -0.115. The van der Waals surface area contributed by atoms with Gasteiger partial charge in [0.05, 0.1) is 11.0 Å². The number of hydrogen-bond donors (Lipinski definition) is 0. The Morgan fingerprint density at radius 3 is 2.40 bits per heavy atom. The fourth-order valence-electron chi connectivity index (χ4n) is 11.2. The third kappa shape index (κ3) is 6.76. The molecule has 4 aliphatic carbocycles. The fourth-order valence-corrected chi connectivity index (χ4v) is 12.4. The highest BCUT2D eigenvalue weighted by atomic mass is 32.2. The topological polar surface area (TPSA) is 4.93 Å². The van der Waals surface area contributed by atoms with Crippen molar-refractivity contribution in [3.05, 3.63) is 202 Å². The van der Waals surface area contributed by atoms with Crippen LogP contribution in [0.4, 0.5) is 0 Å². The molecule has 0 radical (unpaired) electrons. The number of allylic oxidation sites excluding steroid dienone is 15. The van der Waals surface area contributed by atoms with Crippen LogP contribution in [0.1, 0.15) is 107 Å². The maximum Gasteiger partial charge on any atom is 0.0541 e. The molecule has 5 aliphatic rings. The summed E-state index contributed by atoms with van der Waals surface area (Å²) in [5.41, 5.74) is 23.1. The normalized spacial score (nSPS) is 20.7. The van der Waals surface area contributed by atoms with E-state index in [0.29, 0.717) is 11.8 Å². The zero-order valence-electron chi connectivity index (χ0n) is 37.5. The SMILES string of the molecule is C/C=C(\C=C/CC)c1ccc(-c2ccc3c(c2)c2cc(C4=CC=C5C6=C(C=CCC6)C=CC5C4)ccc2n3-c2ccc3c(c2)C(C)(C)c2ccc4c(c2-3)SC/C=C\CCC4C)cc1. The minimum Gasteiger partial charge on any atom is -0.309 e. The molecule has 2 unspecified atom stereocenters. The number of fused-ring (bicyclic) bond motifs is 10. The van der Waals surface area contributed by atoms with Crippen LogP contribution in [-0.2, 0) is 5.41 Å². The van der Waals surface area contributed by atoms with E-state index >= 15 is 0 Å². The van der Waals surface area contributed by atoms with Crippen LogP contribution in [0.2, 0.25) is 0 Å². The standard InChI is InChI=1S/C61H57NS/c1-6-8-15-40(7-2)41-18-20-42(21-19-41)45-25-32-57-53(36-45)54-37-46(44-24-28-51-47(35-44)23-22-43-16-11-12-17-50(43)51)26-33-58(54)62(57)48-27-29-52-56(38-48)61(4,5)55-31-30-49-39(3)14-10-9-13-34-63-60(49)59(52)55/h7-9,11,13,15-16,18-33,36-39,47H,6,10,12,14,17,34-35H2,1-5H3/b13-9-,15-8-,40-7+. The third-order valence-electron chi connectivity index (χ3n) is 14.8. The second-order valence-corrected chi connectivity index (χ2v) is 19.8. The van der Waals surface area contributed by atoms with Crippen LogP contribution < -0.4 is 0 Å². The van der Waals surface area contributed by atoms with Crippen molar-refractivity contribution in [1.82, 2.24) is 4.57 Å². The van der Waals surface area contributed by atoms with Crippen molar-refractivity contribution in [1.29, 1.82) is 0 Å². The van der Waals surface area contributed by atoms with Crippen LogP contribution in [0.25, 0.3) is 60.9 Å². The molecule has 6 aromatic rings. The minimum absolute atomic E-state index is 0.115. The van der Waals surface area contributed by atoms with Gasteiger partial charge in [-0.05, 0) is 166 Å². The second kappa shape index (κ2) is 16.1. The van der Waals surface area contributed by atoms with Crippen LogP contribution in [0.5, 0.6) is 0 Å². The van der Waals surface area contributed by atoms with E-state index in [4.69, 9.17) is 0 Å². The Labute approximate surface area is 378 Å². The molecule has 0 spiro atoms. The van der Waals surface area contributed by atoms with Crippen molar-refractivity contribution in [2.75, 3.05) is 5.75 Å². The Bertz CT molecular complexity index is 3110. The lowest BCUT2D eigenvalue weighted by molar-refractivity contribution is 0.653. The molecule has 11 rings (SSSR count). The van der Waals surface area contributed by atoms with Crippen LogP contribution >= 0.6 is 11.8 Å². The molecule has 0 N–H and O–H groups in total. The first-order valence-electron chi connectivity index (χ1n) is 23.4. The maximum absolute atomic E-state index is 2.54. The molecule has 63 heavy (non-hydrogen) atoms. The van der Waals surface area contributed by atoms with Gasteiger partial charge in [0.1, 0.15) is 0 Å². The Morgan fingerprint density at radius 2 is 1.59 bits per heavy atom. The van der Waals surface area contributed by atoms with Gasteiger partial charge in [0.15, 0.2) is 0 Å². The van der Waals surface area contributed by atoms with E-state index in [9.17, 15) is 0 Å². The van der Waals surface area contributed by atoms with Crippen molar-refractivity contribution in [3.63, 3.8) is 0 Å². The third-order valence-corrected chi connectivity index (χ3v) is 15.8. The zero-order valence-corrected chi connectivity index (χ0v) is 38.3. The van der Waals surface area contributed by atoms with Crippen LogP contribution in [0.3, 0.4) is 0 Å². The summed E-state index contributed by atoms with van der Waals surface area (Å²) in [4.78, 5) is 1.49. The average Bonchev–Trinajstić information content (AvgIpc) is 3.79. The summed E-state index contributed by atoms with van der Waals surface area (Å²) in [5, 5.41) is 2.60. The Hall–Kier alpha value is -5.83. The molecule has 0 amide bonds. The number of rotatable bonds is 6. The van der Waals surface area contributed by atoms with Crippen molar-refractivity contribution >= 4 is 44.7 Å². The van der Waals surface area contributed by atoms with Crippen LogP contribution in [0.15, 0.2) is 179 Å². The van der Waals surface area contributed by atoms with Gasteiger partial charge in [-0.1, -0.05) is 149 Å². The molecule has 0 saturated heterocycles. The highest BCUT2D eigenvalue weighted by Gasteiger charge is 2.38. The number of thioether (sulfide) groups is 1. The summed E-state index contributed by atoms with van der Waals surface area (Å²) >= 11 is 2.03. The van der Waals surface area contributed by atoms with E-state index in [2.05, 4.69) is 197 Å². The molecular weight excluding hydrogens is 779 g/mol. The zero-order chi connectivity index (χ0) is 42.8. The Morgan fingerprint density at radius 1 is 0.794 bits per heavy atom. The predicted molar refractivity (Wildman–Crippen MR) is 273 cm³/mol. The van der Waals surface area contributed by atoms with E-state index in [1.165, 1.54) is 111 Å². The molecule has 0 fully saturated rings. The summed E-state index contributed by atoms with van der Waals surface area (Å²) in [7, 11) is 0. The lowest BCUT2D eigenvalue weighted by Gasteiger charge is -2.30. The van der Waals surface area contributed by atoms with Crippen LogP contribution in [0, 0.1) is 5.92 Å². The first kappa shape index (κ1) is 40.0. The summed E-state index contributed by atoms with van der Waals surface area (Å²) in [5.74, 6) is 1.99. The molecule has 0 bridgehead atoms. The number of hydrogen-bond acceptors (Lipinski definition) is 1. The van der Waals surface area contributed by atoms with Crippen molar-refractivity contribution in [2.45, 2.75) is 89.4 Å². The Kier molecular flexibility index (Phi) is 10.2. The molecular formula is C61H57NS. The van der Waals surface area contributed by atoms with Gasteiger partial charge >= 0.3 is 0 Å². The van der Waals surface area contributed by atoms with E-state index in [1.54, 1.807) is 5.57 Å². The summed E-state index contributed by atoms with van der Waals surface area (Å²) in [6, 6.07) is 35.8. The Balaban J connectivity index is 1.05. The summed E-state index contributed by atoms with van der Waals surface area (Å²) in [6.07, 6.45) is 32.4.